The number of aliphatic carboxylic acids is 1. The van der Waals surface area contributed by atoms with E-state index < -0.39 is 12.1 Å². The summed E-state index contributed by atoms with van der Waals surface area (Å²) < 4.78 is 38.2. The summed E-state index contributed by atoms with van der Waals surface area (Å²) in [5.74, 6) is -2.15. The number of benzene rings is 1. The molecule has 2 heterocycles. The van der Waals surface area contributed by atoms with Gasteiger partial charge in [0.15, 0.2) is 0 Å². The number of rotatable bonds is 1. The molecule has 0 spiro atoms. The maximum atomic E-state index is 12.3. The van der Waals surface area contributed by atoms with Crippen LogP contribution in [0, 0.1) is 0 Å². The molecule has 2 fully saturated rings. The lowest BCUT2D eigenvalue weighted by atomic mass is 10.2. The first kappa shape index (κ1) is 21.5. The van der Waals surface area contributed by atoms with Gasteiger partial charge in [0, 0.05) is 30.1 Å². The van der Waals surface area contributed by atoms with Crippen LogP contribution in [0.4, 0.5) is 18.0 Å². The first-order valence-electron chi connectivity index (χ1n) is 8.43. The summed E-state index contributed by atoms with van der Waals surface area (Å²) in [5.41, 5.74) is 0. The highest BCUT2D eigenvalue weighted by Gasteiger charge is 2.38. The van der Waals surface area contributed by atoms with E-state index in [9.17, 15) is 18.0 Å². The van der Waals surface area contributed by atoms with Crippen LogP contribution >= 0.6 is 15.9 Å². The van der Waals surface area contributed by atoms with Crippen LogP contribution in [0.15, 0.2) is 28.7 Å². The second kappa shape index (κ2) is 9.41. The molecule has 0 unspecified atom stereocenters. The van der Waals surface area contributed by atoms with E-state index in [2.05, 4.69) is 20.8 Å². The summed E-state index contributed by atoms with van der Waals surface area (Å²) in [6.45, 7) is 3.88. The lowest BCUT2D eigenvalue weighted by molar-refractivity contribution is -0.192. The molecule has 2 saturated heterocycles. The Kier molecular flexibility index (Phi) is 7.49. The predicted octanol–water partition coefficient (Wildman–Crippen LogP) is 3.75. The molecular formula is C17H20BrF3N2O4. The third-order valence-electron chi connectivity index (χ3n) is 4.32. The fourth-order valence-electron chi connectivity index (χ4n) is 3.04. The highest BCUT2D eigenvalue weighted by molar-refractivity contribution is 9.10. The number of fused-ring (bicyclic) bond motifs is 1. The lowest BCUT2D eigenvalue weighted by Gasteiger charge is -2.25. The zero-order valence-corrected chi connectivity index (χ0v) is 16.0. The lowest BCUT2D eigenvalue weighted by Crippen LogP contribution is -2.40. The summed E-state index contributed by atoms with van der Waals surface area (Å²) >= 11 is 3.37. The van der Waals surface area contributed by atoms with Gasteiger partial charge in [-0.1, -0.05) is 15.9 Å². The Morgan fingerprint density at radius 2 is 1.70 bits per heavy atom. The number of carbonyl (C=O) groups is 2. The van der Waals surface area contributed by atoms with Crippen molar-refractivity contribution in [3.63, 3.8) is 0 Å². The van der Waals surface area contributed by atoms with Crippen molar-refractivity contribution in [1.29, 1.82) is 0 Å². The van der Waals surface area contributed by atoms with E-state index in [1.165, 1.54) is 19.4 Å². The summed E-state index contributed by atoms with van der Waals surface area (Å²) in [7, 11) is 0. The van der Waals surface area contributed by atoms with Gasteiger partial charge in [-0.3, -0.25) is 4.90 Å². The molecule has 2 aliphatic heterocycles. The molecule has 1 aromatic carbocycles. The number of carbonyl (C=O) groups excluding carboxylic acids is 1. The average Bonchev–Trinajstić information content (AvgIpc) is 2.93. The monoisotopic (exact) mass is 452 g/mol. The minimum Gasteiger partial charge on any atom is -0.475 e. The van der Waals surface area contributed by atoms with Crippen molar-refractivity contribution in [1.82, 2.24) is 9.80 Å². The fourth-order valence-corrected chi connectivity index (χ4v) is 3.30. The molecule has 2 aliphatic rings. The van der Waals surface area contributed by atoms with Crippen LogP contribution in [0.25, 0.3) is 0 Å². The van der Waals surface area contributed by atoms with Crippen LogP contribution in [0.3, 0.4) is 0 Å². The Balaban J connectivity index is 0.000000321. The first-order valence-corrected chi connectivity index (χ1v) is 9.22. The maximum Gasteiger partial charge on any atom is 0.490 e. The quantitative estimate of drug-likeness (QED) is 0.702. The smallest absolute Gasteiger partial charge is 0.475 e. The Labute approximate surface area is 163 Å². The van der Waals surface area contributed by atoms with Crippen molar-refractivity contribution in [2.75, 3.05) is 26.2 Å². The van der Waals surface area contributed by atoms with Gasteiger partial charge in [-0.05, 0) is 50.1 Å². The Bertz CT molecular complexity index is 655. The highest BCUT2D eigenvalue weighted by Crippen LogP contribution is 2.22. The van der Waals surface area contributed by atoms with Gasteiger partial charge in [0.2, 0.25) is 0 Å². The number of halogens is 4. The van der Waals surface area contributed by atoms with Gasteiger partial charge < -0.3 is 14.7 Å². The molecule has 0 aliphatic carbocycles. The number of alkyl halides is 3. The van der Waals surface area contributed by atoms with E-state index in [-0.39, 0.29) is 6.09 Å². The molecule has 0 saturated carbocycles. The van der Waals surface area contributed by atoms with E-state index in [4.69, 9.17) is 14.6 Å². The third-order valence-corrected chi connectivity index (χ3v) is 4.85. The van der Waals surface area contributed by atoms with Gasteiger partial charge in [0.1, 0.15) is 5.75 Å². The van der Waals surface area contributed by atoms with Crippen molar-refractivity contribution in [2.45, 2.75) is 31.5 Å². The molecule has 1 aromatic rings. The van der Waals surface area contributed by atoms with E-state index >= 15 is 0 Å². The molecule has 0 bridgehead atoms. The van der Waals surface area contributed by atoms with Gasteiger partial charge in [-0.2, -0.15) is 13.2 Å². The van der Waals surface area contributed by atoms with Crippen LogP contribution in [-0.2, 0) is 4.79 Å². The predicted molar refractivity (Wildman–Crippen MR) is 94.6 cm³/mol. The molecule has 1 N–H and O–H groups in total. The van der Waals surface area contributed by atoms with Gasteiger partial charge in [0.25, 0.3) is 0 Å². The molecule has 1 atom stereocenters. The summed E-state index contributed by atoms with van der Waals surface area (Å²) in [6.07, 6.45) is -1.82. The SMILES string of the molecule is O=C(O)C(F)(F)F.O=C(Oc1ccc(Br)cc1)N1CCCN2CCC[C@H]2C1. The van der Waals surface area contributed by atoms with Crippen LogP contribution in [0.5, 0.6) is 5.75 Å². The van der Waals surface area contributed by atoms with Crippen molar-refractivity contribution in [3.8, 4) is 5.75 Å². The molecule has 6 nitrogen and oxygen atoms in total. The number of ether oxygens (including phenoxy) is 1. The molecule has 10 heteroatoms. The first-order chi connectivity index (χ1) is 12.7. The number of carboxylic acids is 1. The van der Waals surface area contributed by atoms with Crippen LogP contribution in [0.1, 0.15) is 19.3 Å². The summed E-state index contributed by atoms with van der Waals surface area (Å²) in [4.78, 5) is 25.5. The topological polar surface area (TPSA) is 70.1 Å². The van der Waals surface area contributed by atoms with Crippen molar-refractivity contribution < 1.29 is 32.6 Å². The van der Waals surface area contributed by atoms with E-state index in [1.807, 2.05) is 29.2 Å². The number of hydrogen-bond acceptors (Lipinski definition) is 4. The average molecular weight is 453 g/mol. The van der Waals surface area contributed by atoms with Crippen molar-refractivity contribution >= 4 is 28.0 Å². The minimum absolute atomic E-state index is 0.221. The normalized spacial score (nSPS) is 20.1. The van der Waals surface area contributed by atoms with Gasteiger partial charge in [-0.15, -0.1) is 0 Å². The second-order valence-corrected chi connectivity index (χ2v) is 7.17. The number of nitrogens with zero attached hydrogens (tertiary/aromatic N) is 2. The van der Waals surface area contributed by atoms with Crippen LogP contribution in [0.2, 0.25) is 0 Å². The second-order valence-electron chi connectivity index (χ2n) is 6.26. The van der Waals surface area contributed by atoms with Crippen LogP contribution < -0.4 is 4.74 Å². The molecule has 27 heavy (non-hydrogen) atoms. The number of carboxylic acid groups (broad SMARTS) is 1. The van der Waals surface area contributed by atoms with Crippen molar-refractivity contribution in [2.24, 2.45) is 0 Å². The standard InChI is InChI=1S/C15H19BrN2O2.C2HF3O2/c16-12-4-6-14(7-5-12)20-15(19)18-10-2-9-17-8-1-3-13(17)11-18;3-2(4,5)1(6)7/h4-7,13H,1-3,8-11H2;(H,6,7)/t13-;/m0./s1. The number of hydrogen-bond donors (Lipinski definition) is 1. The third kappa shape index (κ3) is 6.69. The molecule has 150 valence electrons. The largest absolute Gasteiger partial charge is 0.490 e. The molecule has 3 rings (SSSR count). The Hall–Kier alpha value is -1.81. The zero-order chi connectivity index (χ0) is 20.0. The maximum absolute atomic E-state index is 12.3. The highest BCUT2D eigenvalue weighted by atomic mass is 79.9. The van der Waals surface area contributed by atoms with Crippen LogP contribution in [-0.4, -0.2) is 65.4 Å². The van der Waals surface area contributed by atoms with Gasteiger partial charge in [0.05, 0.1) is 0 Å². The molecule has 0 aromatic heterocycles. The number of amides is 1. The summed E-state index contributed by atoms with van der Waals surface area (Å²) in [6, 6.07) is 7.89. The van der Waals surface area contributed by atoms with E-state index in [1.54, 1.807) is 0 Å². The molecule has 1 amide bonds. The minimum atomic E-state index is -5.08. The summed E-state index contributed by atoms with van der Waals surface area (Å²) in [5, 5.41) is 7.12. The molecule has 0 radical (unpaired) electrons. The fraction of sp³-hybridized carbons (Fsp3) is 0.529. The van der Waals surface area contributed by atoms with E-state index in [0.29, 0.717) is 11.8 Å². The van der Waals surface area contributed by atoms with Gasteiger partial charge >= 0.3 is 18.2 Å². The van der Waals surface area contributed by atoms with E-state index in [0.717, 1.165) is 30.5 Å². The zero-order valence-electron chi connectivity index (χ0n) is 14.4. The van der Waals surface area contributed by atoms with Crippen molar-refractivity contribution in [3.05, 3.63) is 28.7 Å². The Morgan fingerprint density at radius 3 is 2.30 bits per heavy atom. The molecular weight excluding hydrogens is 433 g/mol. The van der Waals surface area contributed by atoms with Gasteiger partial charge in [-0.25, -0.2) is 9.59 Å². The Morgan fingerprint density at radius 1 is 1.11 bits per heavy atom.